The Morgan fingerprint density at radius 1 is 0.805 bits per heavy atom. The molecular formula is C34H38N4O3. The third-order valence-electron chi connectivity index (χ3n) is 8.46. The molecule has 0 aliphatic carbocycles. The van der Waals surface area contributed by atoms with Crippen LogP contribution in [0.4, 0.5) is 0 Å². The molecule has 7 nitrogen and oxygen atoms in total. The van der Waals surface area contributed by atoms with Crippen LogP contribution in [0.5, 0.6) is 0 Å². The highest BCUT2D eigenvalue weighted by molar-refractivity contribution is 6.24. The normalized spacial score (nSPS) is 19.0. The molecule has 41 heavy (non-hydrogen) atoms. The van der Waals surface area contributed by atoms with Crippen molar-refractivity contribution in [3.63, 3.8) is 0 Å². The molecule has 0 amide bonds. The average molecular weight is 551 g/mol. The van der Waals surface area contributed by atoms with E-state index in [0.717, 1.165) is 91.2 Å². The minimum absolute atomic E-state index is 0.241. The van der Waals surface area contributed by atoms with Crippen LogP contribution in [0.25, 0.3) is 17.9 Å². The smallest absolute Gasteiger partial charge is 0.305 e. The van der Waals surface area contributed by atoms with Crippen LogP contribution in [0, 0.1) is 6.92 Å². The number of nitrogens with zero attached hydrogens (tertiary/aromatic N) is 3. The van der Waals surface area contributed by atoms with Crippen molar-refractivity contribution >= 4 is 41.0 Å². The van der Waals surface area contributed by atoms with Gasteiger partial charge in [0, 0.05) is 17.3 Å². The van der Waals surface area contributed by atoms with E-state index in [0.29, 0.717) is 6.42 Å². The van der Waals surface area contributed by atoms with Crippen LogP contribution in [-0.2, 0) is 9.53 Å². The lowest BCUT2D eigenvalue weighted by atomic mass is 9.97. The maximum absolute atomic E-state index is 12.1. The highest BCUT2D eigenvalue weighted by Gasteiger charge is 2.26. The summed E-state index contributed by atoms with van der Waals surface area (Å²) in [6.07, 6.45) is 10.7. The van der Waals surface area contributed by atoms with Gasteiger partial charge in [-0.2, -0.15) is 0 Å². The predicted octanol–water partition coefficient (Wildman–Crippen LogP) is 6.00. The summed E-state index contributed by atoms with van der Waals surface area (Å²) >= 11 is 0. The van der Waals surface area contributed by atoms with Gasteiger partial charge in [-0.1, -0.05) is 13.8 Å². The lowest BCUT2D eigenvalue weighted by molar-refractivity contribution is -0.140. The van der Waals surface area contributed by atoms with Gasteiger partial charge in [0.25, 0.3) is 0 Å². The first-order valence-corrected chi connectivity index (χ1v) is 14.3. The van der Waals surface area contributed by atoms with Crippen LogP contribution >= 0.6 is 0 Å². The number of carbonyl (C=O) groups is 1. The van der Waals surface area contributed by atoms with Gasteiger partial charge in [-0.3, -0.25) is 4.79 Å². The number of rotatable bonds is 5. The molecule has 5 rings (SSSR count). The molecule has 4 aliphatic heterocycles. The number of fused-ring (bicyclic) bond motifs is 5. The highest BCUT2D eigenvalue weighted by Crippen LogP contribution is 2.36. The Morgan fingerprint density at radius 2 is 1.37 bits per heavy atom. The quantitative estimate of drug-likeness (QED) is 0.440. The Bertz CT molecular complexity index is 1790. The number of aliphatic hydroxyl groups is 1. The molecule has 0 saturated heterocycles. The van der Waals surface area contributed by atoms with Gasteiger partial charge in [-0.15, -0.1) is 0 Å². The van der Waals surface area contributed by atoms with Crippen molar-refractivity contribution in [1.29, 1.82) is 0 Å². The number of hydrogen-bond donors (Lipinski definition) is 2. The van der Waals surface area contributed by atoms with Crippen LogP contribution in [0.15, 0.2) is 77.7 Å². The zero-order chi connectivity index (χ0) is 29.6. The fraction of sp³-hybridized carbons (Fsp3) is 0.353. The molecule has 0 radical (unpaired) electrons. The number of aliphatic imine (C=N–C) groups is 3. The Kier molecular flexibility index (Phi) is 7.56. The van der Waals surface area contributed by atoms with Crippen LogP contribution in [0.3, 0.4) is 0 Å². The maximum Gasteiger partial charge on any atom is 0.305 e. The highest BCUT2D eigenvalue weighted by atomic mass is 16.5. The molecule has 0 saturated carbocycles. The number of H-pyrrole nitrogens is 1. The van der Waals surface area contributed by atoms with Gasteiger partial charge in [-0.25, -0.2) is 15.0 Å². The fourth-order valence-corrected chi connectivity index (χ4v) is 6.09. The monoisotopic (exact) mass is 550 g/mol. The largest absolute Gasteiger partial charge is 0.512 e. The van der Waals surface area contributed by atoms with Gasteiger partial charge in [-0.05, 0) is 117 Å². The van der Waals surface area contributed by atoms with Gasteiger partial charge in [0.05, 0.1) is 52.4 Å². The van der Waals surface area contributed by atoms with Gasteiger partial charge in [0.15, 0.2) is 0 Å². The van der Waals surface area contributed by atoms with Gasteiger partial charge in [0.1, 0.15) is 0 Å². The molecule has 5 heterocycles. The van der Waals surface area contributed by atoms with E-state index in [4.69, 9.17) is 19.7 Å². The first kappa shape index (κ1) is 28.3. The molecule has 8 bridgehead atoms. The third kappa shape index (κ3) is 4.94. The van der Waals surface area contributed by atoms with E-state index in [9.17, 15) is 9.90 Å². The number of nitrogens with one attached hydrogen (secondary N) is 1. The number of esters is 1. The first-order chi connectivity index (χ1) is 19.6. The van der Waals surface area contributed by atoms with Gasteiger partial charge in [0.2, 0.25) is 0 Å². The van der Waals surface area contributed by atoms with Crippen LogP contribution < -0.4 is 10.6 Å². The Morgan fingerprint density at radius 3 is 1.93 bits per heavy atom. The SMILES string of the molecule is CCC1=C(C)C2=NC1=CC1=NC(=Cc3[nH]c(/c(=C(\C)O)c3C)=CC3=NC(=C2)C(CC)=C3C)C(C)=C1CCC(=O)OC. The van der Waals surface area contributed by atoms with E-state index in [-0.39, 0.29) is 18.1 Å². The van der Waals surface area contributed by atoms with E-state index in [1.165, 1.54) is 18.3 Å². The Labute approximate surface area is 241 Å². The van der Waals surface area contributed by atoms with Crippen LogP contribution in [0.2, 0.25) is 0 Å². The number of methoxy groups -OCH3 is 1. The van der Waals surface area contributed by atoms with E-state index < -0.39 is 0 Å². The molecular weight excluding hydrogens is 512 g/mol. The third-order valence-corrected chi connectivity index (χ3v) is 8.46. The van der Waals surface area contributed by atoms with E-state index in [1.54, 1.807) is 6.92 Å². The minimum Gasteiger partial charge on any atom is -0.512 e. The molecule has 1 aromatic heterocycles. The summed E-state index contributed by atoms with van der Waals surface area (Å²) in [7, 11) is 1.41. The number of carbonyl (C=O) groups excluding carboxylic acids is 1. The lowest BCUT2D eigenvalue weighted by Gasteiger charge is -2.07. The molecule has 1 aromatic rings. The molecule has 0 atom stereocenters. The van der Waals surface area contributed by atoms with E-state index in [1.807, 2.05) is 26.0 Å². The number of hydrogen-bond acceptors (Lipinski definition) is 6. The van der Waals surface area contributed by atoms with Crippen molar-refractivity contribution in [3.8, 4) is 0 Å². The molecule has 4 aliphatic rings. The van der Waals surface area contributed by atoms with Crippen molar-refractivity contribution in [3.05, 3.63) is 84.5 Å². The lowest BCUT2D eigenvalue weighted by Crippen LogP contribution is -2.27. The van der Waals surface area contributed by atoms with E-state index >= 15 is 0 Å². The number of ether oxygens (including phenoxy) is 1. The fourth-order valence-electron chi connectivity index (χ4n) is 6.09. The Hall–Kier alpha value is -4.26. The molecule has 0 aromatic carbocycles. The minimum atomic E-state index is -0.253. The summed E-state index contributed by atoms with van der Waals surface area (Å²) in [5, 5.41) is 12.3. The van der Waals surface area contributed by atoms with Crippen molar-refractivity contribution in [2.45, 2.75) is 74.1 Å². The summed E-state index contributed by atoms with van der Waals surface area (Å²) in [5.74, 6) is -0.0125. The molecule has 212 valence electrons. The molecule has 0 spiro atoms. The standard InChI is InChI=1S/C34H38N4O3/c1-9-22-18(4)27-15-32-34(21(7)39)20(6)28(38-32)13-25-19(5)24(11-12-33(40)41-8)31(37-25)16-30-23(10-2)17(3)26(35-30)14-29(22)36-27/h13-16,38-39H,9-12H2,1-8H3/b25-13?,29-14?,30-16?,32-15?,34-21+. The summed E-state index contributed by atoms with van der Waals surface area (Å²) in [6.45, 7) is 14.3. The predicted molar refractivity (Wildman–Crippen MR) is 167 cm³/mol. The zero-order valence-corrected chi connectivity index (χ0v) is 25.2. The summed E-state index contributed by atoms with van der Waals surface area (Å²) in [4.78, 5) is 30.8. The Balaban J connectivity index is 1.83. The summed E-state index contributed by atoms with van der Waals surface area (Å²) in [6, 6.07) is 0. The topological polar surface area (TPSA) is 99.4 Å². The van der Waals surface area contributed by atoms with Crippen molar-refractivity contribution in [2.24, 2.45) is 15.0 Å². The number of allylic oxidation sites excluding steroid dienone is 8. The molecule has 0 unspecified atom stereocenters. The van der Waals surface area contributed by atoms with Gasteiger partial charge >= 0.3 is 5.97 Å². The summed E-state index contributed by atoms with van der Waals surface area (Å²) < 4.78 is 4.93. The number of aliphatic hydroxyl groups excluding tert-OH is 1. The van der Waals surface area contributed by atoms with Crippen LogP contribution in [-0.4, -0.2) is 40.3 Å². The van der Waals surface area contributed by atoms with Crippen LogP contribution in [0.1, 0.15) is 78.5 Å². The molecule has 7 heteroatoms. The van der Waals surface area contributed by atoms with Gasteiger partial charge < -0.3 is 14.8 Å². The van der Waals surface area contributed by atoms with E-state index in [2.05, 4.69) is 44.8 Å². The average Bonchev–Trinajstić information content (AvgIpc) is 3.60. The zero-order valence-electron chi connectivity index (χ0n) is 25.2. The molecule has 2 N–H and O–H groups in total. The second-order valence-electron chi connectivity index (χ2n) is 10.9. The first-order valence-electron chi connectivity index (χ1n) is 14.3. The van der Waals surface area contributed by atoms with Crippen molar-refractivity contribution < 1.29 is 14.6 Å². The number of aromatic nitrogens is 1. The maximum atomic E-state index is 12.1. The molecule has 0 fully saturated rings. The second-order valence-corrected chi connectivity index (χ2v) is 10.9. The summed E-state index contributed by atoms with van der Waals surface area (Å²) in [5.41, 5.74) is 13.7. The number of aromatic amines is 1. The van der Waals surface area contributed by atoms with Crippen molar-refractivity contribution in [1.82, 2.24) is 4.98 Å². The van der Waals surface area contributed by atoms with Crippen molar-refractivity contribution in [2.75, 3.05) is 7.11 Å². The second kappa shape index (κ2) is 11.0.